The van der Waals surface area contributed by atoms with Crippen LogP contribution in [0.2, 0.25) is 0 Å². The monoisotopic (exact) mass is 622 g/mol. The minimum Gasteiger partial charge on any atom is -0.508 e. The quantitative estimate of drug-likeness (QED) is 0.159. The minimum absolute atomic E-state index is 0.00491. The zero-order valence-corrected chi connectivity index (χ0v) is 24.1. The molecule has 0 aromatic heterocycles. The third-order valence-corrected chi connectivity index (χ3v) is 8.11. The van der Waals surface area contributed by atoms with Crippen molar-refractivity contribution >= 4 is 11.6 Å². The first-order valence-electron chi connectivity index (χ1n) is 13.7. The van der Waals surface area contributed by atoms with Crippen molar-refractivity contribution in [3.8, 4) is 23.0 Å². The fourth-order valence-corrected chi connectivity index (χ4v) is 5.46. The summed E-state index contributed by atoms with van der Waals surface area (Å²) >= 11 is 0. The molecule has 2 aromatic rings. The Morgan fingerprint density at radius 3 is 2.05 bits per heavy atom. The Balaban J connectivity index is 1.45. The summed E-state index contributed by atoms with van der Waals surface area (Å²) in [6.07, 6.45) is -15.6. The van der Waals surface area contributed by atoms with E-state index >= 15 is 0 Å². The van der Waals surface area contributed by atoms with E-state index in [0.717, 1.165) is 6.07 Å². The number of rotatable bonds is 7. The number of phenolic OH excluding ortho intramolecular Hbond substituents is 1. The van der Waals surface area contributed by atoms with Crippen molar-refractivity contribution in [3.63, 3.8) is 0 Å². The fraction of sp³-hybridized carbons (Fsp3) is 0.517. The van der Waals surface area contributed by atoms with Crippen LogP contribution in [0.4, 0.5) is 0 Å². The zero-order chi connectivity index (χ0) is 32.2. The predicted octanol–water partition coefficient (Wildman–Crippen LogP) is -1.48. The SMILES string of the molecule is COc1cc(OC)c2c(c1)C(=O)c1cc(O)c(C)c(O[C@@H]3O[C@H](CO[C@@H]4O[C@@H](C)[C@H](O)[C@@H](O)[C@H]4O)[C@@H](O)[C@H](O)[C@H]3O)c1C2=O. The van der Waals surface area contributed by atoms with Gasteiger partial charge in [-0.15, -0.1) is 0 Å². The molecule has 5 rings (SSSR count). The van der Waals surface area contributed by atoms with Crippen LogP contribution < -0.4 is 14.2 Å². The maximum absolute atomic E-state index is 13.9. The van der Waals surface area contributed by atoms with E-state index in [4.69, 9.17) is 28.4 Å². The Hall–Kier alpha value is -3.38. The highest BCUT2D eigenvalue weighted by molar-refractivity contribution is 6.30. The Kier molecular flexibility index (Phi) is 8.87. The average Bonchev–Trinajstić information content (AvgIpc) is 3.01. The summed E-state index contributed by atoms with van der Waals surface area (Å²) < 4.78 is 33.0. The molecule has 2 fully saturated rings. The second kappa shape index (κ2) is 12.2. The van der Waals surface area contributed by atoms with Crippen LogP contribution in [0.25, 0.3) is 0 Å². The fourth-order valence-electron chi connectivity index (χ4n) is 5.46. The topological polar surface area (TPSA) is 231 Å². The molecule has 2 heterocycles. The molecule has 0 amide bonds. The van der Waals surface area contributed by atoms with Gasteiger partial charge >= 0.3 is 0 Å². The van der Waals surface area contributed by atoms with Crippen LogP contribution in [0.15, 0.2) is 18.2 Å². The second-order valence-corrected chi connectivity index (χ2v) is 10.8. The number of fused-ring (bicyclic) bond motifs is 2. The molecule has 0 bridgehead atoms. The maximum Gasteiger partial charge on any atom is 0.229 e. The lowest BCUT2D eigenvalue weighted by Gasteiger charge is -2.42. The van der Waals surface area contributed by atoms with Gasteiger partial charge in [-0.3, -0.25) is 9.59 Å². The van der Waals surface area contributed by atoms with Gasteiger partial charge in [-0.25, -0.2) is 0 Å². The van der Waals surface area contributed by atoms with E-state index in [-0.39, 0.29) is 45.1 Å². The number of carbonyl (C=O) groups excluding carboxylic acids is 2. The molecule has 0 saturated carbocycles. The molecular weight excluding hydrogens is 588 g/mol. The van der Waals surface area contributed by atoms with Gasteiger partial charge in [-0.05, 0) is 26.0 Å². The van der Waals surface area contributed by atoms with E-state index in [0.29, 0.717) is 0 Å². The lowest BCUT2D eigenvalue weighted by atomic mass is 9.81. The van der Waals surface area contributed by atoms with E-state index in [1.807, 2.05) is 0 Å². The second-order valence-electron chi connectivity index (χ2n) is 10.8. The zero-order valence-electron chi connectivity index (χ0n) is 24.1. The molecule has 15 nitrogen and oxygen atoms in total. The van der Waals surface area contributed by atoms with Gasteiger partial charge in [0.25, 0.3) is 0 Å². The number of hydrogen-bond donors (Lipinski definition) is 7. The van der Waals surface area contributed by atoms with Gasteiger partial charge in [0.1, 0.15) is 65.7 Å². The first-order valence-corrected chi connectivity index (χ1v) is 13.7. The number of ether oxygens (including phenoxy) is 6. The molecule has 2 aliphatic heterocycles. The molecule has 1 aliphatic carbocycles. The van der Waals surface area contributed by atoms with E-state index in [1.54, 1.807) is 0 Å². The molecule has 44 heavy (non-hydrogen) atoms. The van der Waals surface area contributed by atoms with Gasteiger partial charge in [0, 0.05) is 22.8 Å². The molecule has 240 valence electrons. The third-order valence-electron chi connectivity index (χ3n) is 8.11. The molecule has 10 atom stereocenters. The molecule has 2 aromatic carbocycles. The number of aromatic hydroxyl groups is 1. The van der Waals surface area contributed by atoms with Crippen LogP contribution in [0.3, 0.4) is 0 Å². The predicted molar refractivity (Wildman–Crippen MR) is 145 cm³/mol. The molecule has 0 radical (unpaired) electrons. The Morgan fingerprint density at radius 2 is 1.39 bits per heavy atom. The normalized spacial score (nSPS) is 33.4. The molecule has 0 unspecified atom stereocenters. The van der Waals surface area contributed by atoms with Gasteiger partial charge in [0.05, 0.1) is 38.1 Å². The van der Waals surface area contributed by atoms with Crippen molar-refractivity contribution in [1.29, 1.82) is 0 Å². The van der Waals surface area contributed by atoms with Gasteiger partial charge in [0.15, 0.2) is 12.1 Å². The van der Waals surface area contributed by atoms with Gasteiger partial charge < -0.3 is 64.2 Å². The van der Waals surface area contributed by atoms with Gasteiger partial charge in [0.2, 0.25) is 12.1 Å². The summed E-state index contributed by atoms with van der Waals surface area (Å²) in [5.74, 6) is -1.79. The number of phenols is 1. The van der Waals surface area contributed by atoms with E-state index < -0.39 is 85.3 Å². The summed E-state index contributed by atoms with van der Waals surface area (Å²) in [7, 11) is 2.69. The van der Waals surface area contributed by atoms with Crippen LogP contribution in [-0.4, -0.2) is 130 Å². The summed E-state index contributed by atoms with van der Waals surface area (Å²) in [4.78, 5) is 27.5. The Labute approximate surface area is 250 Å². The molecule has 3 aliphatic rings. The molecule has 15 heteroatoms. The molecule has 7 N–H and O–H groups in total. The van der Waals surface area contributed by atoms with Crippen molar-refractivity contribution in [1.82, 2.24) is 0 Å². The number of hydrogen-bond acceptors (Lipinski definition) is 15. The van der Waals surface area contributed by atoms with Crippen LogP contribution in [0.5, 0.6) is 23.0 Å². The minimum atomic E-state index is -1.88. The summed E-state index contributed by atoms with van der Waals surface area (Å²) in [5, 5.41) is 72.8. The van der Waals surface area contributed by atoms with Crippen molar-refractivity contribution in [2.45, 2.75) is 75.3 Å². The molecular formula is C29H34O15. The maximum atomic E-state index is 13.9. The first kappa shape index (κ1) is 32.0. The average molecular weight is 623 g/mol. The molecule has 2 saturated heterocycles. The number of aliphatic hydroxyl groups excluding tert-OH is 6. The van der Waals surface area contributed by atoms with E-state index in [1.165, 1.54) is 40.2 Å². The third kappa shape index (κ3) is 5.29. The largest absolute Gasteiger partial charge is 0.508 e. The standard InChI is InChI=1S/C29H34O15/c1-9-14(30)7-13-18(22(34)17-12(20(13)32)5-11(39-3)6-15(17)40-4)27(9)44-29-26(38)24(36)21(33)16(43-29)8-41-28-25(37)23(35)19(31)10(2)42-28/h5-7,10,16,19,21,23-26,28-31,33,35-38H,8H2,1-4H3/t10-,16+,19-,21+,23+,24-,25+,26+,28+,29-/m0/s1. The number of aliphatic hydroxyl groups is 6. The lowest BCUT2D eigenvalue weighted by Crippen LogP contribution is -2.61. The highest BCUT2D eigenvalue weighted by atomic mass is 16.7. The smallest absolute Gasteiger partial charge is 0.229 e. The van der Waals surface area contributed by atoms with Gasteiger partial charge in [-0.1, -0.05) is 0 Å². The summed E-state index contributed by atoms with van der Waals surface area (Å²) in [6, 6.07) is 3.90. The number of benzene rings is 2. The Morgan fingerprint density at radius 1 is 0.750 bits per heavy atom. The lowest BCUT2D eigenvalue weighted by molar-refractivity contribution is -0.318. The van der Waals surface area contributed by atoms with E-state index in [9.17, 15) is 45.3 Å². The summed E-state index contributed by atoms with van der Waals surface area (Å²) in [6.45, 7) is 2.29. The van der Waals surface area contributed by atoms with Crippen LogP contribution in [0, 0.1) is 6.92 Å². The number of ketones is 2. The van der Waals surface area contributed by atoms with Crippen molar-refractivity contribution in [3.05, 3.63) is 46.0 Å². The van der Waals surface area contributed by atoms with Crippen molar-refractivity contribution in [2.24, 2.45) is 0 Å². The molecule has 0 spiro atoms. The van der Waals surface area contributed by atoms with Crippen LogP contribution in [0.1, 0.15) is 44.3 Å². The van der Waals surface area contributed by atoms with Crippen molar-refractivity contribution < 1.29 is 73.8 Å². The summed E-state index contributed by atoms with van der Waals surface area (Å²) in [5.41, 5.74) is -0.576. The van der Waals surface area contributed by atoms with Gasteiger partial charge in [-0.2, -0.15) is 0 Å². The van der Waals surface area contributed by atoms with E-state index in [2.05, 4.69) is 0 Å². The van der Waals surface area contributed by atoms with Crippen molar-refractivity contribution in [2.75, 3.05) is 20.8 Å². The number of carbonyl (C=O) groups is 2. The first-order chi connectivity index (χ1) is 20.8. The Bertz CT molecular complexity index is 1440. The highest BCUT2D eigenvalue weighted by Gasteiger charge is 2.48. The number of methoxy groups -OCH3 is 2. The highest BCUT2D eigenvalue weighted by Crippen LogP contribution is 2.44. The van der Waals surface area contributed by atoms with Crippen LogP contribution >= 0.6 is 0 Å². The van der Waals surface area contributed by atoms with Crippen LogP contribution in [-0.2, 0) is 14.2 Å².